The van der Waals surface area contributed by atoms with Crippen LogP contribution in [-0.2, 0) is 28.8 Å². The van der Waals surface area contributed by atoms with Crippen molar-refractivity contribution in [1.29, 1.82) is 0 Å². The van der Waals surface area contributed by atoms with Crippen LogP contribution in [-0.4, -0.2) is 53.1 Å². The van der Waals surface area contributed by atoms with Crippen molar-refractivity contribution >= 4 is 16.7 Å². The van der Waals surface area contributed by atoms with Crippen molar-refractivity contribution < 1.29 is 9.53 Å². The fraction of sp³-hybridized carbons (Fsp3) is 0.310. The van der Waals surface area contributed by atoms with Crippen LogP contribution >= 0.6 is 0 Å². The molecule has 0 aliphatic carbocycles. The minimum atomic E-state index is -0.125. The SMILES string of the molecule is O=C(CCc1ccc(=O)[nH]c1)Cc1ccc(-n2cc(CCN3CCOCC3)c3ccccc32)cc1. The summed E-state index contributed by atoms with van der Waals surface area (Å²) in [5, 5.41) is 1.29. The summed E-state index contributed by atoms with van der Waals surface area (Å²) >= 11 is 0. The van der Waals surface area contributed by atoms with Crippen molar-refractivity contribution in [2.45, 2.75) is 25.7 Å². The molecule has 1 aliphatic rings. The number of H-pyrrole nitrogens is 1. The molecular weight excluding hydrogens is 438 g/mol. The number of aryl methyl sites for hydroxylation is 1. The number of para-hydroxylation sites is 1. The molecule has 0 bridgehead atoms. The average Bonchev–Trinajstić information content (AvgIpc) is 3.27. The van der Waals surface area contributed by atoms with Gasteiger partial charge in [0.05, 0.1) is 18.7 Å². The number of carbonyl (C=O) groups is 1. The number of hydrogen-bond donors (Lipinski definition) is 1. The lowest BCUT2D eigenvalue weighted by atomic mass is 10.0. The van der Waals surface area contributed by atoms with Gasteiger partial charge in [0.2, 0.25) is 5.56 Å². The van der Waals surface area contributed by atoms with Crippen molar-refractivity contribution in [2.75, 3.05) is 32.8 Å². The minimum absolute atomic E-state index is 0.125. The Balaban J connectivity index is 1.25. The quantitative estimate of drug-likeness (QED) is 0.403. The van der Waals surface area contributed by atoms with Crippen LogP contribution in [0.4, 0.5) is 0 Å². The molecule has 1 aliphatic heterocycles. The van der Waals surface area contributed by atoms with Crippen molar-refractivity contribution in [3.8, 4) is 5.69 Å². The van der Waals surface area contributed by atoms with Gasteiger partial charge in [0.15, 0.2) is 0 Å². The second kappa shape index (κ2) is 10.8. The number of ether oxygens (including phenoxy) is 1. The molecule has 2 aromatic carbocycles. The summed E-state index contributed by atoms with van der Waals surface area (Å²) < 4.78 is 7.73. The Morgan fingerprint density at radius 2 is 1.69 bits per heavy atom. The molecule has 6 nitrogen and oxygen atoms in total. The molecule has 0 spiro atoms. The van der Waals surface area contributed by atoms with Crippen molar-refractivity contribution in [3.63, 3.8) is 0 Å². The summed E-state index contributed by atoms with van der Waals surface area (Å²) in [6.45, 7) is 4.69. The van der Waals surface area contributed by atoms with E-state index in [0.29, 0.717) is 19.3 Å². The predicted octanol–water partition coefficient (Wildman–Crippen LogP) is 3.94. The first-order valence-corrected chi connectivity index (χ1v) is 12.3. The van der Waals surface area contributed by atoms with Gasteiger partial charge in [-0.3, -0.25) is 14.5 Å². The molecule has 35 heavy (non-hydrogen) atoms. The highest BCUT2D eigenvalue weighted by Gasteiger charge is 2.14. The number of benzene rings is 2. The summed E-state index contributed by atoms with van der Waals surface area (Å²) in [7, 11) is 0. The highest BCUT2D eigenvalue weighted by atomic mass is 16.5. The van der Waals surface area contributed by atoms with E-state index in [2.05, 4.69) is 69.2 Å². The smallest absolute Gasteiger partial charge is 0.247 e. The topological polar surface area (TPSA) is 67.3 Å². The van der Waals surface area contributed by atoms with Gasteiger partial charge in [-0.2, -0.15) is 0 Å². The molecule has 1 N–H and O–H groups in total. The Bertz CT molecular complexity index is 1330. The van der Waals surface area contributed by atoms with Crippen LogP contribution in [0.25, 0.3) is 16.6 Å². The molecule has 1 fully saturated rings. The van der Waals surface area contributed by atoms with E-state index in [9.17, 15) is 9.59 Å². The summed E-state index contributed by atoms with van der Waals surface area (Å²) in [4.78, 5) is 28.8. The van der Waals surface area contributed by atoms with Gasteiger partial charge < -0.3 is 14.3 Å². The number of aromatic amines is 1. The Kier molecular flexibility index (Phi) is 7.21. The number of pyridine rings is 1. The predicted molar refractivity (Wildman–Crippen MR) is 138 cm³/mol. The van der Waals surface area contributed by atoms with Crippen LogP contribution in [0.3, 0.4) is 0 Å². The lowest BCUT2D eigenvalue weighted by Gasteiger charge is -2.26. The number of rotatable bonds is 9. The van der Waals surface area contributed by atoms with Gasteiger partial charge in [0, 0.05) is 62.0 Å². The highest BCUT2D eigenvalue weighted by molar-refractivity contribution is 5.86. The van der Waals surface area contributed by atoms with E-state index < -0.39 is 0 Å². The standard InChI is InChI=1S/C29H31N3O3/c33-26(11-7-23-8-12-29(34)30-20-23)19-22-5-9-25(10-6-22)32-21-24(27-3-1-2-4-28(27)32)13-14-31-15-17-35-18-16-31/h1-6,8-10,12,20-21H,7,11,13-19H2,(H,30,34). The van der Waals surface area contributed by atoms with Crippen LogP contribution in [0.1, 0.15) is 23.1 Å². The van der Waals surface area contributed by atoms with E-state index in [4.69, 9.17) is 4.74 Å². The van der Waals surface area contributed by atoms with E-state index in [1.807, 2.05) is 0 Å². The largest absolute Gasteiger partial charge is 0.379 e. The van der Waals surface area contributed by atoms with Gasteiger partial charge in [-0.05, 0) is 47.7 Å². The van der Waals surface area contributed by atoms with Gasteiger partial charge >= 0.3 is 0 Å². The zero-order valence-corrected chi connectivity index (χ0v) is 19.9. The van der Waals surface area contributed by atoms with E-state index in [1.165, 1.54) is 22.5 Å². The van der Waals surface area contributed by atoms with Gasteiger partial charge in [0.25, 0.3) is 0 Å². The minimum Gasteiger partial charge on any atom is -0.379 e. The second-order valence-corrected chi connectivity index (χ2v) is 9.19. The molecule has 0 radical (unpaired) electrons. The molecule has 1 saturated heterocycles. The van der Waals surface area contributed by atoms with Crippen LogP contribution in [0.15, 0.2) is 77.9 Å². The highest BCUT2D eigenvalue weighted by Crippen LogP contribution is 2.26. The Morgan fingerprint density at radius 3 is 2.46 bits per heavy atom. The Hall–Kier alpha value is -3.48. The Labute approximate surface area is 205 Å². The number of hydrogen-bond acceptors (Lipinski definition) is 4. The first kappa shape index (κ1) is 23.3. The molecule has 0 saturated carbocycles. The zero-order chi connectivity index (χ0) is 24.0. The molecule has 5 rings (SSSR count). The van der Waals surface area contributed by atoms with Crippen LogP contribution < -0.4 is 5.56 Å². The molecule has 2 aromatic heterocycles. The third-order valence-electron chi connectivity index (χ3n) is 6.75. The molecule has 0 amide bonds. The second-order valence-electron chi connectivity index (χ2n) is 9.19. The van der Waals surface area contributed by atoms with E-state index in [-0.39, 0.29) is 11.3 Å². The number of morpholine rings is 1. The molecular formula is C29H31N3O3. The van der Waals surface area contributed by atoms with Gasteiger partial charge in [-0.15, -0.1) is 0 Å². The average molecular weight is 470 g/mol. The maximum absolute atomic E-state index is 12.5. The third kappa shape index (κ3) is 5.78. The summed E-state index contributed by atoms with van der Waals surface area (Å²) in [6.07, 6.45) is 6.46. The first-order valence-electron chi connectivity index (χ1n) is 12.3. The zero-order valence-electron chi connectivity index (χ0n) is 19.9. The van der Waals surface area contributed by atoms with E-state index >= 15 is 0 Å². The van der Waals surface area contributed by atoms with Crippen molar-refractivity contribution in [3.05, 3.63) is 100 Å². The number of carbonyl (C=O) groups excluding carboxylic acids is 1. The van der Waals surface area contributed by atoms with Crippen LogP contribution in [0.5, 0.6) is 0 Å². The number of nitrogens with one attached hydrogen (secondary N) is 1. The third-order valence-corrected chi connectivity index (χ3v) is 6.75. The molecule has 6 heteroatoms. The molecule has 0 unspecified atom stereocenters. The maximum atomic E-state index is 12.5. The Morgan fingerprint density at radius 1 is 0.914 bits per heavy atom. The van der Waals surface area contributed by atoms with Gasteiger partial charge in [-0.25, -0.2) is 0 Å². The number of fused-ring (bicyclic) bond motifs is 1. The number of nitrogens with zero attached hydrogens (tertiary/aromatic N) is 2. The van der Waals surface area contributed by atoms with Gasteiger partial charge in [-0.1, -0.05) is 36.4 Å². The molecule has 4 aromatic rings. The van der Waals surface area contributed by atoms with Crippen molar-refractivity contribution in [2.24, 2.45) is 0 Å². The normalized spacial score (nSPS) is 14.4. The van der Waals surface area contributed by atoms with Crippen LogP contribution in [0, 0.1) is 0 Å². The number of aromatic nitrogens is 2. The monoisotopic (exact) mass is 469 g/mol. The first-order chi connectivity index (χ1) is 17.2. The molecule has 0 atom stereocenters. The van der Waals surface area contributed by atoms with E-state index in [1.54, 1.807) is 12.3 Å². The van der Waals surface area contributed by atoms with Crippen molar-refractivity contribution in [1.82, 2.24) is 14.5 Å². The summed E-state index contributed by atoms with van der Waals surface area (Å²) in [5.74, 6) is 0.195. The fourth-order valence-electron chi connectivity index (χ4n) is 4.74. The number of Topliss-reactive ketones (excluding diaryl/α,β-unsaturated/α-hetero) is 1. The lowest BCUT2D eigenvalue weighted by Crippen LogP contribution is -2.37. The fourth-order valence-corrected chi connectivity index (χ4v) is 4.74. The maximum Gasteiger partial charge on any atom is 0.247 e. The summed E-state index contributed by atoms with van der Waals surface area (Å²) in [5.41, 5.74) is 5.52. The molecule has 180 valence electrons. The summed E-state index contributed by atoms with van der Waals surface area (Å²) in [6, 6.07) is 20.1. The van der Waals surface area contributed by atoms with Crippen LogP contribution in [0.2, 0.25) is 0 Å². The van der Waals surface area contributed by atoms with Gasteiger partial charge in [0.1, 0.15) is 5.78 Å². The van der Waals surface area contributed by atoms with E-state index in [0.717, 1.165) is 56.1 Å². The number of ketones is 1. The lowest BCUT2D eigenvalue weighted by molar-refractivity contribution is -0.118. The molecule has 3 heterocycles.